The van der Waals surface area contributed by atoms with Gasteiger partial charge in [-0.25, -0.2) is 4.98 Å². The number of hydrogen-bond acceptors (Lipinski definition) is 3. The maximum Gasteiger partial charge on any atom is 0.110 e. The van der Waals surface area contributed by atoms with E-state index in [0.717, 1.165) is 50.2 Å². The molecule has 0 amide bonds. The Balaban J connectivity index is 2.01. The van der Waals surface area contributed by atoms with E-state index >= 15 is 0 Å². The molecule has 1 unspecified atom stereocenters. The molecule has 0 saturated carbocycles. The lowest BCUT2D eigenvalue weighted by atomic mass is 10.1. The molecule has 0 fully saturated rings. The Morgan fingerprint density at radius 2 is 2.53 bits per heavy atom. The third-order valence-electron chi connectivity index (χ3n) is 2.90. The predicted molar refractivity (Wildman–Crippen MR) is 58.6 cm³/mol. The van der Waals surface area contributed by atoms with Crippen LogP contribution >= 0.6 is 0 Å². The molecule has 1 aromatic heterocycles. The predicted octanol–water partition coefficient (Wildman–Crippen LogP) is 1.26. The summed E-state index contributed by atoms with van der Waals surface area (Å²) in [5, 5.41) is 0. The molecular weight excluding hydrogens is 190 g/mol. The van der Waals surface area contributed by atoms with Gasteiger partial charge in [0.15, 0.2) is 0 Å². The third-order valence-corrected chi connectivity index (χ3v) is 2.90. The highest BCUT2D eigenvalue weighted by Crippen LogP contribution is 2.21. The van der Waals surface area contributed by atoms with E-state index in [0.29, 0.717) is 0 Å². The average molecular weight is 209 g/mol. The lowest BCUT2D eigenvalue weighted by Crippen LogP contribution is -2.24. The number of rotatable bonds is 4. The van der Waals surface area contributed by atoms with Crippen LogP contribution in [-0.2, 0) is 17.6 Å². The van der Waals surface area contributed by atoms with Crippen LogP contribution in [0.4, 0.5) is 0 Å². The van der Waals surface area contributed by atoms with Crippen molar-refractivity contribution in [3.63, 3.8) is 0 Å². The van der Waals surface area contributed by atoms with E-state index in [9.17, 15) is 0 Å². The van der Waals surface area contributed by atoms with Crippen molar-refractivity contribution < 1.29 is 4.74 Å². The number of methoxy groups -OCH3 is 1. The van der Waals surface area contributed by atoms with Crippen molar-refractivity contribution >= 4 is 0 Å². The number of fused-ring (bicyclic) bond motifs is 1. The summed E-state index contributed by atoms with van der Waals surface area (Å²) in [4.78, 5) is 4.60. The summed E-state index contributed by atoms with van der Waals surface area (Å²) < 4.78 is 7.16. The van der Waals surface area contributed by atoms with E-state index in [2.05, 4.69) is 15.7 Å². The highest BCUT2D eigenvalue weighted by molar-refractivity contribution is 5.07. The van der Waals surface area contributed by atoms with Crippen LogP contribution in [0, 0.1) is 0 Å². The lowest BCUT2D eigenvalue weighted by molar-refractivity contribution is 0.195. The van der Waals surface area contributed by atoms with E-state index in [1.165, 1.54) is 0 Å². The molecule has 1 aliphatic heterocycles. The zero-order chi connectivity index (χ0) is 10.7. The van der Waals surface area contributed by atoms with Gasteiger partial charge >= 0.3 is 0 Å². The quantitative estimate of drug-likeness (QED) is 0.759. The highest BCUT2D eigenvalue weighted by atomic mass is 16.5. The normalized spacial score (nSPS) is 20.3. The van der Waals surface area contributed by atoms with Crippen LogP contribution in [0.15, 0.2) is 6.20 Å². The first-order valence-electron chi connectivity index (χ1n) is 5.62. The second kappa shape index (κ2) is 4.77. The maximum atomic E-state index is 6.01. The van der Waals surface area contributed by atoms with E-state index in [1.807, 2.05) is 0 Å². The van der Waals surface area contributed by atoms with Crippen molar-refractivity contribution in [1.29, 1.82) is 0 Å². The summed E-state index contributed by atoms with van der Waals surface area (Å²) in [6.45, 7) is 0.800. The molecule has 15 heavy (non-hydrogen) atoms. The van der Waals surface area contributed by atoms with Crippen molar-refractivity contribution in [3.05, 3.63) is 17.7 Å². The molecule has 4 nitrogen and oxygen atoms in total. The molecule has 2 rings (SSSR count). The van der Waals surface area contributed by atoms with Crippen molar-refractivity contribution in [2.75, 3.05) is 13.7 Å². The lowest BCUT2D eigenvalue weighted by Gasteiger charge is -2.20. The molecule has 84 valence electrons. The summed E-state index contributed by atoms with van der Waals surface area (Å²) >= 11 is 0. The Hall–Kier alpha value is -0.870. The van der Waals surface area contributed by atoms with E-state index in [4.69, 9.17) is 10.5 Å². The Kier molecular flexibility index (Phi) is 3.38. The van der Waals surface area contributed by atoms with Gasteiger partial charge in [-0.1, -0.05) is 0 Å². The fourth-order valence-electron chi connectivity index (χ4n) is 2.09. The molecule has 0 aliphatic carbocycles. The molecule has 1 aromatic rings. The Morgan fingerprint density at radius 1 is 1.67 bits per heavy atom. The molecule has 4 heteroatoms. The van der Waals surface area contributed by atoms with Crippen LogP contribution in [0.2, 0.25) is 0 Å². The van der Waals surface area contributed by atoms with Gasteiger partial charge in [0.1, 0.15) is 5.82 Å². The number of aromatic nitrogens is 2. The van der Waals surface area contributed by atoms with Gasteiger partial charge in [-0.2, -0.15) is 0 Å². The molecule has 1 atom stereocenters. The smallest absolute Gasteiger partial charge is 0.110 e. The summed E-state index contributed by atoms with van der Waals surface area (Å²) in [7, 11) is 1.73. The van der Waals surface area contributed by atoms with Crippen molar-refractivity contribution in [1.82, 2.24) is 9.55 Å². The summed E-state index contributed by atoms with van der Waals surface area (Å²) in [6.07, 6.45) is 7.56. The molecule has 1 aliphatic rings. The van der Waals surface area contributed by atoms with Crippen LogP contribution in [0.5, 0.6) is 0 Å². The van der Waals surface area contributed by atoms with Gasteiger partial charge in [-0.05, 0) is 25.7 Å². The Morgan fingerprint density at radius 3 is 3.27 bits per heavy atom. The van der Waals surface area contributed by atoms with Gasteiger partial charge in [0.25, 0.3) is 0 Å². The summed E-state index contributed by atoms with van der Waals surface area (Å²) in [6, 6.07) is 0. The monoisotopic (exact) mass is 209 g/mol. The van der Waals surface area contributed by atoms with E-state index < -0.39 is 0 Å². The first-order valence-corrected chi connectivity index (χ1v) is 5.62. The third kappa shape index (κ3) is 2.38. The van der Waals surface area contributed by atoms with Gasteiger partial charge < -0.3 is 15.0 Å². The van der Waals surface area contributed by atoms with Crippen LogP contribution in [0.1, 0.15) is 36.9 Å². The number of ether oxygens (including phenoxy) is 1. The number of hydrogen-bond donors (Lipinski definition) is 1. The van der Waals surface area contributed by atoms with Gasteiger partial charge in [0.05, 0.1) is 11.9 Å². The van der Waals surface area contributed by atoms with Crippen molar-refractivity contribution in [3.8, 4) is 0 Å². The summed E-state index contributed by atoms with van der Waals surface area (Å²) in [5.41, 5.74) is 7.17. The zero-order valence-electron chi connectivity index (χ0n) is 9.28. The second-order valence-corrected chi connectivity index (χ2v) is 4.11. The van der Waals surface area contributed by atoms with Crippen molar-refractivity contribution in [2.24, 2.45) is 5.73 Å². The molecule has 0 aromatic carbocycles. The molecule has 0 bridgehead atoms. The minimum atomic E-state index is 0.137. The zero-order valence-corrected chi connectivity index (χ0v) is 9.28. The standard InChI is InChI=1S/C11H19N3O/c1-15-7-3-4-9-8-14-10(12)5-2-6-11(14)13-9/h8,10H,2-7,12H2,1H3. The van der Waals surface area contributed by atoms with Gasteiger partial charge in [0.2, 0.25) is 0 Å². The van der Waals surface area contributed by atoms with Crippen LogP contribution < -0.4 is 5.73 Å². The molecule has 2 heterocycles. The van der Waals surface area contributed by atoms with Crippen LogP contribution in [0.25, 0.3) is 0 Å². The first-order chi connectivity index (χ1) is 7.31. The minimum absolute atomic E-state index is 0.137. The first kappa shape index (κ1) is 10.6. The largest absolute Gasteiger partial charge is 0.385 e. The number of nitrogens with two attached hydrogens (primary N) is 1. The Labute approximate surface area is 90.4 Å². The molecular formula is C11H19N3O. The SMILES string of the molecule is COCCCc1cn2c(n1)CCCC2N. The van der Waals surface area contributed by atoms with E-state index in [1.54, 1.807) is 7.11 Å². The molecule has 0 saturated heterocycles. The van der Waals surface area contributed by atoms with E-state index in [-0.39, 0.29) is 6.17 Å². The molecule has 2 N–H and O–H groups in total. The fraction of sp³-hybridized carbons (Fsp3) is 0.727. The maximum absolute atomic E-state index is 6.01. The van der Waals surface area contributed by atoms with Gasteiger partial charge in [0, 0.05) is 26.3 Å². The number of aryl methyl sites for hydroxylation is 2. The van der Waals surface area contributed by atoms with Crippen LogP contribution in [0.3, 0.4) is 0 Å². The minimum Gasteiger partial charge on any atom is -0.385 e. The molecule has 0 radical (unpaired) electrons. The van der Waals surface area contributed by atoms with Gasteiger partial charge in [-0.15, -0.1) is 0 Å². The summed E-state index contributed by atoms with van der Waals surface area (Å²) in [5.74, 6) is 1.15. The topological polar surface area (TPSA) is 53.1 Å². The van der Waals surface area contributed by atoms with Gasteiger partial charge in [-0.3, -0.25) is 0 Å². The Bertz CT molecular complexity index is 322. The average Bonchev–Trinajstić information content (AvgIpc) is 2.63. The van der Waals surface area contributed by atoms with Crippen LogP contribution in [-0.4, -0.2) is 23.3 Å². The fourth-order valence-corrected chi connectivity index (χ4v) is 2.09. The number of imidazole rings is 1. The highest BCUT2D eigenvalue weighted by Gasteiger charge is 2.17. The molecule has 0 spiro atoms. The number of nitrogens with zero attached hydrogens (tertiary/aromatic N) is 2. The second-order valence-electron chi connectivity index (χ2n) is 4.11. The van der Waals surface area contributed by atoms with Crippen molar-refractivity contribution in [2.45, 2.75) is 38.3 Å².